The number of methoxy groups -OCH3 is 2. The van der Waals surface area contributed by atoms with Gasteiger partial charge in [-0.15, -0.1) is 4.83 Å². The molecular formula is C18H18N2O6S. The summed E-state index contributed by atoms with van der Waals surface area (Å²) in [4.78, 5) is 14.3. The molecule has 0 spiro atoms. The van der Waals surface area contributed by atoms with Gasteiger partial charge in [0.2, 0.25) is 0 Å². The number of hydrazine groups is 1. The van der Waals surface area contributed by atoms with Crippen molar-refractivity contribution in [3.63, 3.8) is 0 Å². The number of furan rings is 1. The number of hydrogen-bond acceptors (Lipinski definition) is 6. The number of amides is 1. The second-order valence-electron chi connectivity index (χ2n) is 5.63. The Bertz CT molecular complexity index is 1100. The van der Waals surface area contributed by atoms with E-state index in [1.807, 2.05) is 12.1 Å². The van der Waals surface area contributed by atoms with E-state index in [-0.39, 0.29) is 16.4 Å². The lowest BCUT2D eigenvalue weighted by atomic mass is 10.1. The zero-order valence-electron chi connectivity index (χ0n) is 14.9. The third-order valence-corrected chi connectivity index (χ3v) is 5.26. The minimum atomic E-state index is -4.02. The standard InChI is InChI=1S/C18H18N2O6S/c1-11-13-6-4-5-7-14(13)26-17(11)18(21)19-20-27(22,23)12-8-9-15(24-2)16(10-12)25-3/h4-10,20H,1-3H3,(H,19,21). The smallest absolute Gasteiger partial charge is 0.302 e. The summed E-state index contributed by atoms with van der Waals surface area (Å²) in [6, 6.07) is 11.2. The molecule has 2 aromatic carbocycles. The number of aryl methyl sites for hydroxylation is 1. The van der Waals surface area contributed by atoms with Gasteiger partial charge in [-0.2, -0.15) is 0 Å². The van der Waals surface area contributed by atoms with Crippen molar-refractivity contribution in [3.8, 4) is 11.5 Å². The molecule has 8 nitrogen and oxygen atoms in total. The fraction of sp³-hybridized carbons (Fsp3) is 0.167. The van der Waals surface area contributed by atoms with Crippen molar-refractivity contribution in [2.75, 3.05) is 14.2 Å². The third-order valence-electron chi connectivity index (χ3n) is 4.01. The number of carbonyl (C=O) groups excluding carboxylic acids is 1. The van der Waals surface area contributed by atoms with Gasteiger partial charge in [-0.3, -0.25) is 10.2 Å². The van der Waals surface area contributed by atoms with Crippen LogP contribution in [0.2, 0.25) is 0 Å². The van der Waals surface area contributed by atoms with Gasteiger partial charge in [0.15, 0.2) is 17.3 Å². The lowest BCUT2D eigenvalue weighted by Gasteiger charge is -2.11. The Morgan fingerprint density at radius 1 is 1.04 bits per heavy atom. The van der Waals surface area contributed by atoms with E-state index in [0.717, 1.165) is 5.39 Å². The number of para-hydroxylation sites is 1. The van der Waals surface area contributed by atoms with Gasteiger partial charge in [0.1, 0.15) is 5.58 Å². The van der Waals surface area contributed by atoms with Crippen LogP contribution in [0.25, 0.3) is 11.0 Å². The first kappa shape index (κ1) is 18.7. The Labute approximate surface area is 156 Å². The Balaban J connectivity index is 1.80. The summed E-state index contributed by atoms with van der Waals surface area (Å²) in [6.07, 6.45) is 0. The van der Waals surface area contributed by atoms with Gasteiger partial charge in [0.25, 0.3) is 10.0 Å². The van der Waals surface area contributed by atoms with E-state index in [4.69, 9.17) is 13.9 Å². The number of benzene rings is 2. The fourth-order valence-corrected chi connectivity index (χ4v) is 3.46. The molecule has 0 saturated carbocycles. The largest absolute Gasteiger partial charge is 0.493 e. The quantitative estimate of drug-likeness (QED) is 0.626. The highest BCUT2D eigenvalue weighted by Gasteiger charge is 2.21. The molecule has 0 unspecified atom stereocenters. The number of rotatable bonds is 6. The van der Waals surface area contributed by atoms with Crippen LogP contribution in [0.3, 0.4) is 0 Å². The van der Waals surface area contributed by atoms with E-state index in [1.165, 1.54) is 32.4 Å². The maximum atomic E-state index is 12.4. The second kappa shape index (κ2) is 7.29. The Hall–Kier alpha value is -3.04. The van der Waals surface area contributed by atoms with Crippen LogP contribution >= 0.6 is 0 Å². The van der Waals surface area contributed by atoms with Gasteiger partial charge in [0, 0.05) is 17.0 Å². The number of sulfonamides is 1. The molecule has 142 valence electrons. The molecule has 2 N–H and O–H groups in total. The maximum absolute atomic E-state index is 12.4. The topological polar surface area (TPSA) is 107 Å². The number of hydrogen-bond donors (Lipinski definition) is 2. The molecule has 0 fully saturated rings. The fourth-order valence-electron chi connectivity index (χ4n) is 2.60. The molecule has 1 amide bonds. The van der Waals surface area contributed by atoms with Crippen LogP contribution in [0.5, 0.6) is 11.5 Å². The van der Waals surface area contributed by atoms with Gasteiger partial charge in [-0.1, -0.05) is 18.2 Å². The van der Waals surface area contributed by atoms with Crippen LogP contribution in [-0.4, -0.2) is 28.5 Å². The molecule has 0 bridgehead atoms. The molecule has 0 atom stereocenters. The summed E-state index contributed by atoms with van der Waals surface area (Å²) >= 11 is 0. The van der Waals surface area contributed by atoms with Gasteiger partial charge in [-0.05, 0) is 25.1 Å². The Morgan fingerprint density at radius 2 is 1.74 bits per heavy atom. The number of carbonyl (C=O) groups is 1. The molecule has 1 aromatic heterocycles. The molecule has 1 heterocycles. The van der Waals surface area contributed by atoms with Gasteiger partial charge < -0.3 is 13.9 Å². The lowest BCUT2D eigenvalue weighted by molar-refractivity contribution is 0.0918. The summed E-state index contributed by atoms with van der Waals surface area (Å²) in [7, 11) is -1.18. The molecule has 0 aliphatic carbocycles. The van der Waals surface area contributed by atoms with E-state index in [2.05, 4.69) is 10.3 Å². The average Bonchev–Trinajstić information content (AvgIpc) is 3.02. The average molecular weight is 390 g/mol. The minimum absolute atomic E-state index is 0.0335. The number of nitrogens with one attached hydrogen (secondary N) is 2. The van der Waals surface area contributed by atoms with Gasteiger partial charge in [0.05, 0.1) is 19.1 Å². The molecular weight excluding hydrogens is 372 g/mol. The van der Waals surface area contributed by atoms with Crippen molar-refractivity contribution in [3.05, 3.63) is 53.8 Å². The molecule has 3 rings (SSSR count). The van der Waals surface area contributed by atoms with Crippen LogP contribution in [0, 0.1) is 6.92 Å². The van der Waals surface area contributed by atoms with Gasteiger partial charge >= 0.3 is 5.91 Å². The molecule has 9 heteroatoms. The van der Waals surface area contributed by atoms with Gasteiger partial charge in [-0.25, -0.2) is 8.42 Å². The minimum Gasteiger partial charge on any atom is -0.493 e. The normalized spacial score (nSPS) is 11.4. The second-order valence-corrected chi connectivity index (χ2v) is 7.31. The molecule has 0 aliphatic rings. The SMILES string of the molecule is COc1ccc(S(=O)(=O)NNC(=O)c2oc3ccccc3c2C)cc1OC. The monoisotopic (exact) mass is 390 g/mol. The summed E-state index contributed by atoms with van der Waals surface area (Å²) in [6.45, 7) is 1.73. The molecule has 3 aromatic rings. The van der Waals surface area contributed by atoms with E-state index in [9.17, 15) is 13.2 Å². The highest BCUT2D eigenvalue weighted by molar-refractivity contribution is 7.89. The molecule has 0 radical (unpaired) electrons. The van der Waals surface area contributed by atoms with Crippen LogP contribution in [-0.2, 0) is 10.0 Å². The van der Waals surface area contributed by atoms with Crippen molar-refractivity contribution < 1.29 is 27.1 Å². The first-order valence-corrected chi connectivity index (χ1v) is 9.38. The summed E-state index contributed by atoms with van der Waals surface area (Å²) in [5.41, 5.74) is 3.33. The highest BCUT2D eigenvalue weighted by Crippen LogP contribution is 2.29. The predicted molar refractivity (Wildman–Crippen MR) is 98.3 cm³/mol. The third kappa shape index (κ3) is 3.60. The van der Waals surface area contributed by atoms with E-state index < -0.39 is 15.9 Å². The van der Waals surface area contributed by atoms with Crippen LogP contribution in [0.1, 0.15) is 16.1 Å². The zero-order valence-corrected chi connectivity index (χ0v) is 15.7. The van der Waals surface area contributed by atoms with Crippen LogP contribution in [0.4, 0.5) is 0 Å². The molecule has 0 saturated heterocycles. The maximum Gasteiger partial charge on any atom is 0.302 e. The van der Waals surface area contributed by atoms with Crippen LogP contribution in [0.15, 0.2) is 51.8 Å². The van der Waals surface area contributed by atoms with E-state index in [1.54, 1.807) is 19.1 Å². The number of fused-ring (bicyclic) bond motifs is 1. The Kier molecular flexibility index (Phi) is 5.06. The van der Waals surface area contributed by atoms with Crippen LogP contribution < -0.4 is 19.7 Å². The van der Waals surface area contributed by atoms with Crippen molar-refractivity contribution in [2.24, 2.45) is 0 Å². The predicted octanol–water partition coefficient (Wildman–Crippen LogP) is 2.38. The van der Waals surface area contributed by atoms with Crippen molar-refractivity contribution in [1.29, 1.82) is 0 Å². The molecule has 0 aliphatic heterocycles. The highest BCUT2D eigenvalue weighted by atomic mass is 32.2. The van der Waals surface area contributed by atoms with Crippen molar-refractivity contribution in [2.45, 2.75) is 11.8 Å². The van der Waals surface area contributed by atoms with E-state index >= 15 is 0 Å². The van der Waals surface area contributed by atoms with E-state index in [0.29, 0.717) is 16.9 Å². The van der Waals surface area contributed by atoms with Crippen molar-refractivity contribution in [1.82, 2.24) is 10.3 Å². The van der Waals surface area contributed by atoms with Crippen molar-refractivity contribution >= 4 is 26.9 Å². The zero-order chi connectivity index (χ0) is 19.6. The Morgan fingerprint density at radius 3 is 2.41 bits per heavy atom. The summed E-state index contributed by atoms with van der Waals surface area (Å²) < 4.78 is 40.6. The number of ether oxygens (including phenoxy) is 2. The summed E-state index contributed by atoms with van der Waals surface area (Å²) in [5, 5.41) is 0.783. The molecule has 27 heavy (non-hydrogen) atoms. The lowest BCUT2D eigenvalue weighted by Crippen LogP contribution is -2.41. The summed E-state index contributed by atoms with van der Waals surface area (Å²) in [5.74, 6) is -0.0304. The first-order valence-electron chi connectivity index (χ1n) is 7.89. The first-order chi connectivity index (χ1) is 12.9.